The Bertz CT molecular complexity index is 827. The van der Waals surface area contributed by atoms with Crippen LogP contribution in [0.4, 0.5) is 10.6 Å². The Morgan fingerprint density at radius 3 is 2.64 bits per heavy atom. The third-order valence-electron chi connectivity index (χ3n) is 5.56. The number of hydrogen-bond donors (Lipinski definition) is 0. The third kappa shape index (κ3) is 3.61. The summed E-state index contributed by atoms with van der Waals surface area (Å²) >= 11 is 0. The number of amides is 2. The second-order valence-electron chi connectivity index (χ2n) is 7.38. The largest absolute Gasteiger partial charge is 0.452 e. The molecule has 3 aliphatic heterocycles. The molecule has 0 radical (unpaired) electrons. The molecular formula is C21H26N4O3. The van der Waals surface area contributed by atoms with Crippen LogP contribution in [0.3, 0.4) is 0 Å². The zero-order valence-corrected chi connectivity index (χ0v) is 16.3. The van der Waals surface area contributed by atoms with Crippen LogP contribution in [-0.2, 0) is 11.2 Å². The summed E-state index contributed by atoms with van der Waals surface area (Å²) in [6.07, 6.45) is 12.3. The lowest BCUT2D eigenvalue weighted by atomic mass is 10.0. The average Bonchev–Trinajstić information content (AvgIpc) is 2.78. The normalized spacial score (nSPS) is 19.2. The molecule has 1 aromatic rings. The minimum atomic E-state index is -0.371. The molecule has 148 valence electrons. The maximum atomic E-state index is 12.8. The van der Waals surface area contributed by atoms with Crippen molar-refractivity contribution in [3.8, 4) is 0 Å². The van der Waals surface area contributed by atoms with Crippen LogP contribution >= 0.6 is 0 Å². The number of fused-ring (bicyclic) bond motifs is 1. The summed E-state index contributed by atoms with van der Waals surface area (Å²) in [4.78, 5) is 34.7. The van der Waals surface area contributed by atoms with Crippen LogP contribution in [0.25, 0.3) is 0 Å². The first-order valence-corrected chi connectivity index (χ1v) is 9.96. The van der Waals surface area contributed by atoms with Crippen molar-refractivity contribution in [2.75, 3.05) is 38.2 Å². The van der Waals surface area contributed by atoms with Crippen LogP contribution in [-0.4, -0.2) is 60.1 Å². The van der Waals surface area contributed by atoms with E-state index in [4.69, 9.17) is 4.74 Å². The number of hydrogen-bond acceptors (Lipinski definition) is 5. The molecule has 0 bridgehead atoms. The number of carbonyl (C=O) groups excluding carboxylic acids is 2. The van der Waals surface area contributed by atoms with Crippen LogP contribution in [0, 0.1) is 0 Å². The maximum absolute atomic E-state index is 12.8. The lowest BCUT2D eigenvalue weighted by molar-refractivity contribution is 0.0723. The number of ether oxygens (including phenoxy) is 1. The van der Waals surface area contributed by atoms with Crippen molar-refractivity contribution in [1.29, 1.82) is 0 Å². The van der Waals surface area contributed by atoms with Gasteiger partial charge in [0.2, 0.25) is 0 Å². The van der Waals surface area contributed by atoms with Gasteiger partial charge in [0.15, 0.2) is 0 Å². The van der Waals surface area contributed by atoms with E-state index in [1.165, 1.54) is 18.4 Å². The highest BCUT2D eigenvalue weighted by Gasteiger charge is 2.25. The van der Waals surface area contributed by atoms with Gasteiger partial charge in [-0.3, -0.25) is 9.69 Å². The number of methoxy groups -OCH3 is 1. The van der Waals surface area contributed by atoms with Crippen LogP contribution in [0.5, 0.6) is 0 Å². The molecule has 28 heavy (non-hydrogen) atoms. The van der Waals surface area contributed by atoms with Crippen molar-refractivity contribution in [3.05, 3.63) is 47.4 Å². The van der Waals surface area contributed by atoms with Crippen molar-refractivity contribution in [2.24, 2.45) is 0 Å². The van der Waals surface area contributed by atoms with Crippen LogP contribution in [0.15, 0.2) is 36.3 Å². The summed E-state index contributed by atoms with van der Waals surface area (Å²) in [5, 5.41) is 0. The number of aryl methyl sites for hydroxylation is 1. The van der Waals surface area contributed by atoms with Crippen molar-refractivity contribution >= 4 is 17.8 Å². The van der Waals surface area contributed by atoms with Gasteiger partial charge in [0.1, 0.15) is 5.82 Å². The molecule has 0 unspecified atom stereocenters. The fraction of sp³-hybridized carbons (Fsp3) is 0.476. The van der Waals surface area contributed by atoms with Gasteiger partial charge in [-0.05, 0) is 55.9 Å². The van der Waals surface area contributed by atoms with Gasteiger partial charge in [-0.25, -0.2) is 9.78 Å². The molecule has 7 heteroatoms. The molecule has 4 heterocycles. The Morgan fingerprint density at radius 1 is 1.11 bits per heavy atom. The molecule has 7 nitrogen and oxygen atoms in total. The van der Waals surface area contributed by atoms with Gasteiger partial charge in [0.25, 0.3) is 5.91 Å². The predicted molar refractivity (Wildman–Crippen MR) is 106 cm³/mol. The lowest BCUT2D eigenvalue weighted by Crippen LogP contribution is -2.36. The fourth-order valence-corrected chi connectivity index (χ4v) is 4.05. The summed E-state index contributed by atoms with van der Waals surface area (Å²) in [6.45, 7) is 3.02. The van der Waals surface area contributed by atoms with Gasteiger partial charge in [-0.15, -0.1) is 0 Å². The number of anilines is 1. The SMILES string of the molecule is COC(=O)N1C=CC(N2CCCc3cc(C(=O)N4CCCCC4)cnc32)=CC1. The van der Waals surface area contributed by atoms with E-state index in [2.05, 4.69) is 9.88 Å². The number of aromatic nitrogens is 1. The molecule has 1 fully saturated rings. The van der Waals surface area contributed by atoms with Crippen molar-refractivity contribution in [2.45, 2.75) is 32.1 Å². The van der Waals surface area contributed by atoms with Crippen molar-refractivity contribution in [3.63, 3.8) is 0 Å². The van der Waals surface area contributed by atoms with E-state index in [0.717, 1.165) is 62.4 Å². The molecule has 1 saturated heterocycles. The van der Waals surface area contributed by atoms with Crippen LogP contribution < -0.4 is 4.90 Å². The number of nitrogens with zero attached hydrogens (tertiary/aromatic N) is 4. The first-order valence-electron chi connectivity index (χ1n) is 9.96. The first-order chi connectivity index (χ1) is 13.7. The van der Waals surface area contributed by atoms with Gasteiger partial charge >= 0.3 is 6.09 Å². The second-order valence-corrected chi connectivity index (χ2v) is 7.38. The first kappa shape index (κ1) is 18.5. The van der Waals surface area contributed by atoms with E-state index in [1.807, 2.05) is 23.1 Å². The highest BCUT2D eigenvalue weighted by Crippen LogP contribution is 2.30. The van der Waals surface area contributed by atoms with Gasteiger partial charge in [-0.1, -0.05) is 0 Å². The highest BCUT2D eigenvalue weighted by atomic mass is 16.5. The van der Waals surface area contributed by atoms with Crippen LogP contribution in [0.1, 0.15) is 41.6 Å². The summed E-state index contributed by atoms with van der Waals surface area (Å²) in [7, 11) is 1.38. The molecule has 0 N–H and O–H groups in total. The molecule has 0 spiro atoms. The van der Waals surface area contributed by atoms with Gasteiger partial charge in [-0.2, -0.15) is 0 Å². The van der Waals surface area contributed by atoms with Crippen LogP contribution in [0.2, 0.25) is 0 Å². The summed E-state index contributed by atoms with van der Waals surface area (Å²) in [5.74, 6) is 1.00. The number of rotatable bonds is 2. The van der Waals surface area contributed by atoms with E-state index >= 15 is 0 Å². The topological polar surface area (TPSA) is 66.0 Å². The number of allylic oxidation sites excluding steroid dienone is 1. The molecule has 0 saturated carbocycles. The maximum Gasteiger partial charge on any atom is 0.413 e. The van der Waals surface area contributed by atoms with E-state index in [1.54, 1.807) is 12.4 Å². The van der Waals surface area contributed by atoms with Gasteiger partial charge < -0.3 is 14.5 Å². The molecule has 3 aliphatic rings. The predicted octanol–water partition coefficient (Wildman–Crippen LogP) is 2.94. The zero-order valence-electron chi connectivity index (χ0n) is 16.3. The van der Waals surface area contributed by atoms with E-state index in [-0.39, 0.29) is 12.0 Å². The lowest BCUT2D eigenvalue weighted by Gasteiger charge is -2.33. The van der Waals surface area contributed by atoms with Crippen molar-refractivity contribution in [1.82, 2.24) is 14.8 Å². The quantitative estimate of drug-likeness (QED) is 0.787. The molecule has 0 atom stereocenters. The smallest absolute Gasteiger partial charge is 0.413 e. The van der Waals surface area contributed by atoms with Gasteiger partial charge in [0, 0.05) is 44.3 Å². The third-order valence-corrected chi connectivity index (χ3v) is 5.56. The molecule has 0 aliphatic carbocycles. The average molecular weight is 382 g/mol. The monoisotopic (exact) mass is 382 g/mol. The molecule has 4 rings (SSSR count). The molecular weight excluding hydrogens is 356 g/mol. The summed E-state index contributed by atoms with van der Waals surface area (Å²) < 4.78 is 4.76. The van der Waals surface area contributed by atoms with E-state index < -0.39 is 0 Å². The fourth-order valence-electron chi connectivity index (χ4n) is 4.05. The number of piperidine rings is 1. The highest BCUT2D eigenvalue weighted by molar-refractivity contribution is 5.94. The Labute approximate surface area is 165 Å². The molecule has 0 aromatic carbocycles. The minimum Gasteiger partial charge on any atom is -0.452 e. The summed E-state index contributed by atoms with van der Waals surface area (Å²) in [5.41, 5.74) is 2.81. The van der Waals surface area contributed by atoms with Crippen molar-refractivity contribution < 1.29 is 14.3 Å². The Kier molecular flexibility index (Phi) is 5.32. The number of likely N-dealkylation sites (tertiary alicyclic amines) is 1. The molecule has 2 amide bonds. The van der Waals surface area contributed by atoms with E-state index in [9.17, 15) is 9.59 Å². The minimum absolute atomic E-state index is 0.0950. The molecule has 1 aromatic heterocycles. The zero-order chi connectivity index (χ0) is 19.5. The second kappa shape index (κ2) is 8.04. The Hall–Kier alpha value is -2.83. The van der Waals surface area contributed by atoms with Gasteiger partial charge in [0.05, 0.1) is 12.7 Å². The Morgan fingerprint density at radius 2 is 1.93 bits per heavy atom. The number of carbonyl (C=O) groups is 2. The van der Waals surface area contributed by atoms with E-state index in [0.29, 0.717) is 12.1 Å². The number of pyridine rings is 1. The summed E-state index contributed by atoms with van der Waals surface area (Å²) in [6, 6.07) is 2.01. The standard InChI is InChI=1S/C21H26N4O3/c1-28-21(27)24-12-7-18(8-13-24)25-11-5-6-16-14-17(15-22-19(16)25)20(26)23-9-3-2-4-10-23/h7-8,12,14-15H,2-6,9-11,13H2,1H3. The Balaban J connectivity index is 1.52.